The standard InChI is InChI=1S/C25H38N2O3/c1-24(2,3)27(23(29)30)21(12-17-7-5-4-6-8-17)22(28)16-26-25-13-18-9-19(14-25)11-20(10-18)15-25/h4-8,18-22,26,28H,9-16H2,1-3H3,(H,29,30)/t18?,19?,20?,21-,22+,25?/m0/s1. The number of benzene rings is 1. The number of carbonyl (C=O) groups is 1. The summed E-state index contributed by atoms with van der Waals surface area (Å²) in [6.45, 7) is 6.15. The number of hydrogen-bond acceptors (Lipinski definition) is 3. The first kappa shape index (κ1) is 21.6. The van der Waals surface area contributed by atoms with Gasteiger partial charge >= 0.3 is 6.09 Å². The van der Waals surface area contributed by atoms with Gasteiger partial charge in [0.1, 0.15) is 0 Å². The summed E-state index contributed by atoms with van der Waals surface area (Å²) in [6.07, 6.45) is 6.59. The molecule has 2 atom stereocenters. The monoisotopic (exact) mass is 414 g/mol. The number of hydrogen-bond donors (Lipinski definition) is 3. The molecule has 30 heavy (non-hydrogen) atoms. The van der Waals surface area contributed by atoms with E-state index in [9.17, 15) is 15.0 Å². The molecule has 5 nitrogen and oxygen atoms in total. The Hall–Kier alpha value is -1.59. The Morgan fingerprint density at radius 3 is 2.10 bits per heavy atom. The van der Waals surface area contributed by atoms with Crippen LogP contribution >= 0.6 is 0 Å². The van der Waals surface area contributed by atoms with Gasteiger partial charge in [-0.05, 0) is 89.0 Å². The van der Waals surface area contributed by atoms with Crippen LogP contribution in [-0.4, -0.2) is 51.0 Å². The lowest BCUT2D eigenvalue weighted by Gasteiger charge is -2.57. The van der Waals surface area contributed by atoms with Crippen molar-refractivity contribution in [1.82, 2.24) is 10.2 Å². The molecule has 5 rings (SSSR count). The fraction of sp³-hybridized carbons (Fsp3) is 0.720. The van der Waals surface area contributed by atoms with Crippen molar-refractivity contribution in [2.75, 3.05) is 6.54 Å². The van der Waals surface area contributed by atoms with E-state index in [1.807, 2.05) is 51.1 Å². The van der Waals surface area contributed by atoms with Gasteiger partial charge < -0.3 is 15.5 Å². The topological polar surface area (TPSA) is 72.8 Å². The van der Waals surface area contributed by atoms with E-state index >= 15 is 0 Å². The fourth-order valence-corrected chi connectivity index (χ4v) is 6.97. The summed E-state index contributed by atoms with van der Waals surface area (Å²) in [6, 6.07) is 9.42. The summed E-state index contributed by atoms with van der Waals surface area (Å²) in [5.74, 6) is 2.52. The summed E-state index contributed by atoms with van der Waals surface area (Å²) in [5.41, 5.74) is 0.613. The molecule has 0 aliphatic heterocycles. The average molecular weight is 415 g/mol. The van der Waals surface area contributed by atoms with Crippen molar-refractivity contribution in [3.63, 3.8) is 0 Å². The molecule has 3 N–H and O–H groups in total. The lowest BCUT2D eigenvalue weighted by molar-refractivity contribution is -0.0347. The van der Waals surface area contributed by atoms with Gasteiger partial charge in [-0.1, -0.05) is 30.3 Å². The van der Waals surface area contributed by atoms with Crippen molar-refractivity contribution >= 4 is 6.09 Å². The van der Waals surface area contributed by atoms with E-state index in [1.165, 1.54) is 43.4 Å². The Balaban J connectivity index is 1.50. The molecular weight excluding hydrogens is 376 g/mol. The molecule has 0 unspecified atom stereocenters. The van der Waals surface area contributed by atoms with Crippen LogP contribution in [-0.2, 0) is 6.42 Å². The molecule has 0 heterocycles. The third kappa shape index (κ3) is 4.52. The quantitative estimate of drug-likeness (QED) is 0.622. The molecule has 166 valence electrons. The number of amides is 1. The van der Waals surface area contributed by atoms with Gasteiger partial charge in [0.15, 0.2) is 0 Å². The van der Waals surface area contributed by atoms with Crippen LogP contribution in [0.3, 0.4) is 0 Å². The minimum atomic E-state index is -0.975. The molecule has 1 aromatic rings. The maximum atomic E-state index is 12.2. The molecule has 1 amide bonds. The van der Waals surface area contributed by atoms with Crippen molar-refractivity contribution in [2.24, 2.45) is 17.8 Å². The zero-order valence-corrected chi connectivity index (χ0v) is 18.7. The SMILES string of the molecule is CC(C)(C)N(C(=O)O)[C@@H](Cc1ccccc1)[C@H](O)CNC12CC3CC(CC(C3)C1)C2. The molecule has 4 fully saturated rings. The minimum absolute atomic E-state index is 0.156. The van der Waals surface area contributed by atoms with Crippen molar-refractivity contribution in [3.05, 3.63) is 35.9 Å². The first-order valence-electron chi connectivity index (χ1n) is 11.6. The first-order chi connectivity index (χ1) is 14.2. The molecule has 0 saturated heterocycles. The number of nitrogens with zero attached hydrogens (tertiary/aromatic N) is 1. The second kappa shape index (κ2) is 8.16. The predicted molar refractivity (Wildman–Crippen MR) is 118 cm³/mol. The molecule has 4 aliphatic rings. The molecule has 0 aromatic heterocycles. The van der Waals surface area contributed by atoms with Gasteiger partial charge in [-0.15, -0.1) is 0 Å². The van der Waals surface area contributed by atoms with Crippen LogP contribution in [0.1, 0.15) is 64.9 Å². The zero-order valence-electron chi connectivity index (χ0n) is 18.7. The third-order valence-corrected chi connectivity index (χ3v) is 7.72. The van der Waals surface area contributed by atoms with E-state index in [4.69, 9.17) is 0 Å². The van der Waals surface area contributed by atoms with Crippen LogP contribution < -0.4 is 5.32 Å². The van der Waals surface area contributed by atoms with Crippen LogP contribution in [0.2, 0.25) is 0 Å². The van der Waals surface area contributed by atoms with E-state index < -0.39 is 23.8 Å². The number of aliphatic hydroxyl groups is 1. The van der Waals surface area contributed by atoms with Crippen molar-refractivity contribution in [2.45, 2.75) is 88.9 Å². The Labute approximate surface area is 180 Å². The highest BCUT2D eigenvalue weighted by molar-refractivity contribution is 5.66. The Kier molecular flexibility index (Phi) is 5.88. The van der Waals surface area contributed by atoms with Gasteiger partial charge in [-0.3, -0.25) is 4.90 Å². The highest BCUT2D eigenvalue weighted by Crippen LogP contribution is 2.55. The predicted octanol–water partition coefficient (Wildman–Crippen LogP) is 4.30. The van der Waals surface area contributed by atoms with E-state index in [0.717, 1.165) is 23.3 Å². The highest BCUT2D eigenvalue weighted by atomic mass is 16.4. The summed E-state index contributed by atoms with van der Waals surface area (Å²) >= 11 is 0. The van der Waals surface area contributed by atoms with Gasteiger partial charge in [0, 0.05) is 17.6 Å². The van der Waals surface area contributed by atoms with Crippen molar-refractivity contribution in [1.29, 1.82) is 0 Å². The van der Waals surface area contributed by atoms with E-state index in [2.05, 4.69) is 5.32 Å². The van der Waals surface area contributed by atoms with Gasteiger partial charge in [-0.25, -0.2) is 4.79 Å². The summed E-state index contributed by atoms with van der Waals surface area (Å²) < 4.78 is 0. The Morgan fingerprint density at radius 1 is 1.10 bits per heavy atom. The first-order valence-corrected chi connectivity index (χ1v) is 11.6. The Morgan fingerprint density at radius 2 is 1.63 bits per heavy atom. The molecule has 4 saturated carbocycles. The Bertz CT molecular complexity index is 707. The molecule has 1 aromatic carbocycles. The summed E-state index contributed by atoms with van der Waals surface area (Å²) in [7, 11) is 0. The number of rotatable bonds is 7. The molecule has 0 spiro atoms. The second-order valence-electron chi connectivity index (χ2n) is 11.2. The molecule has 4 aliphatic carbocycles. The van der Waals surface area contributed by atoms with Crippen LogP contribution in [0.15, 0.2) is 30.3 Å². The van der Waals surface area contributed by atoms with Crippen LogP contribution in [0, 0.1) is 17.8 Å². The number of nitrogens with one attached hydrogen (secondary N) is 1. The molecule has 5 heteroatoms. The molecule has 0 radical (unpaired) electrons. The van der Waals surface area contributed by atoms with Crippen LogP contribution in [0.5, 0.6) is 0 Å². The van der Waals surface area contributed by atoms with Crippen molar-refractivity contribution in [3.8, 4) is 0 Å². The maximum Gasteiger partial charge on any atom is 0.408 e. The van der Waals surface area contributed by atoms with Crippen LogP contribution in [0.25, 0.3) is 0 Å². The number of β-amino-alcohol motifs (C(OH)–C–C–N with tert-alkyl or cyclic N) is 1. The lowest BCUT2D eigenvalue weighted by atomic mass is 9.53. The van der Waals surface area contributed by atoms with Crippen LogP contribution in [0.4, 0.5) is 4.79 Å². The smallest absolute Gasteiger partial charge is 0.408 e. The zero-order chi connectivity index (χ0) is 21.5. The van der Waals surface area contributed by atoms with Gasteiger partial charge in [-0.2, -0.15) is 0 Å². The highest BCUT2D eigenvalue weighted by Gasteiger charge is 2.51. The van der Waals surface area contributed by atoms with Gasteiger partial charge in [0.2, 0.25) is 0 Å². The molecule has 4 bridgehead atoms. The maximum absolute atomic E-state index is 12.2. The molecular formula is C25H38N2O3. The van der Waals surface area contributed by atoms with E-state index in [-0.39, 0.29) is 5.54 Å². The van der Waals surface area contributed by atoms with Gasteiger partial charge in [0.05, 0.1) is 12.1 Å². The lowest BCUT2D eigenvalue weighted by Crippen LogP contribution is -2.62. The fourth-order valence-electron chi connectivity index (χ4n) is 6.97. The average Bonchev–Trinajstić information content (AvgIpc) is 2.64. The second-order valence-corrected chi connectivity index (χ2v) is 11.2. The normalized spacial score (nSPS) is 32.1. The summed E-state index contributed by atoms with van der Waals surface area (Å²) in [5, 5.41) is 25.1. The third-order valence-electron chi connectivity index (χ3n) is 7.72. The van der Waals surface area contributed by atoms with E-state index in [1.54, 1.807) is 0 Å². The number of aliphatic hydroxyl groups excluding tert-OH is 1. The van der Waals surface area contributed by atoms with Gasteiger partial charge in [0.25, 0.3) is 0 Å². The van der Waals surface area contributed by atoms with E-state index in [0.29, 0.717) is 13.0 Å². The summed E-state index contributed by atoms with van der Waals surface area (Å²) in [4.78, 5) is 13.7. The van der Waals surface area contributed by atoms with Crippen molar-refractivity contribution < 1.29 is 15.0 Å². The minimum Gasteiger partial charge on any atom is -0.465 e. The largest absolute Gasteiger partial charge is 0.465 e. The number of carboxylic acid groups (broad SMARTS) is 1.